The normalized spacial score (nSPS) is 29.6. The molecular formula is C12H22O. The van der Waals surface area contributed by atoms with Crippen LogP contribution in [0.2, 0.25) is 0 Å². The van der Waals surface area contributed by atoms with Gasteiger partial charge in [-0.1, -0.05) is 31.9 Å². The number of hydrogen-bond donors (Lipinski definition) is 1. The maximum absolute atomic E-state index is 9.33. The topological polar surface area (TPSA) is 20.2 Å². The third-order valence-corrected chi connectivity index (χ3v) is 2.97. The molecule has 1 aliphatic carbocycles. The number of hydrogen-bond acceptors (Lipinski definition) is 1. The second-order valence-corrected chi connectivity index (χ2v) is 4.58. The molecular weight excluding hydrogens is 160 g/mol. The van der Waals surface area contributed by atoms with Gasteiger partial charge >= 0.3 is 0 Å². The summed E-state index contributed by atoms with van der Waals surface area (Å²) in [5, 5.41) is 9.33. The molecule has 0 aromatic carbocycles. The minimum Gasteiger partial charge on any atom is -0.389 e. The lowest BCUT2D eigenvalue weighted by Gasteiger charge is -2.29. The fourth-order valence-electron chi connectivity index (χ4n) is 2.34. The fraction of sp³-hybridized carbons (Fsp3) is 0.833. The van der Waals surface area contributed by atoms with Crippen molar-refractivity contribution in [2.75, 3.05) is 0 Å². The van der Waals surface area contributed by atoms with E-state index in [-0.39, 0.29) is 6.10 Å². The van der Waals surface area contributed by atoms with Crippen LogP contribution < -0.4 is 0 Å². The molecule has 0 bridgehead atoms. The lowest BCUT2D eigenvalue weighted by atomic mass is 9.77. The lowest BCUT2D eigenvalue weighted by Crippen LogP contribution is -2.17. The first-order chi connectivity index (χ1) is 6.11. The van der Waals surface area contributed by atoms with E-state index in [1.165, 1.54) is 31.3 Å². The third kappa shape index (κ3) is 3.15. The monoisotopic (exact) mass is 182 g/mol. The van der Waals surface area contributed by atoms with Crippen LogP contribution in [0.3, 0.4) is 0 Å². The Kier molecular flexibility index (Phi) is 3.98. The molecule has 0 saturated heterocycles. The standard InChI is InChI=1S/C12H22O/c1-9(2)12-7-5-4-6-11(12)8-10(3)13/h8-10,12-13H,4-7H2,1-3H3/b11-8+. The average molecular weight is 182 g/mol. The van der Waals surface area contributed by atoms with Gasteiger partial charge in [-0.2, -0.15) is 0 Å². The molecule has 13 heavy (non-hydrogen) atoms. The highest BCUT2D eigenvalue weighted by atomic mass is 16.3. The SMILES string of the molecule is CC(O)/C=C1\CCCCC1C(C)C. The summed E-state index contributed by atoms with van der Waals surface area (Å²) in [6.45, 7) is 6.41. The van der Waals surface area contributed by atoms with Crippen molar-refractivity contribution in [2.24, 2.45) is 11.8 Å². The van der Waals surface area contributed by atoms with E-state index in [1.807, 2.05) is 6.92 Å². The van der Waals surface area contributed by atoms with Crippen LogP contribution >= 0.6 is 0 Å². The quantitative estimate of drug-likeness (QED) is 0.650. The van der Waals surface area contributed by atoms with Gasteiger partial charge in [-0.15, -0.1) is 0 Å². The molecule has 1 fully saturated rings. The van der Waals surface area contributed by atoms with Gasteiger partial charge in [0.25, 0.3) is 0 Å². The number of rotatable bonds is 2. The Morgan fingerprint density at radius 2 is 2.00 bits per heavy atom. The van der Waals surface area contributed by atoms with Gasteiger partial charge in [-0.3, -0.25) is 0 Å². The van der Waals surface area contributed by atoms with Crippen LogP contribution in [-0.4, -0.2) is 11.2 Å². The summed E-state index contributed by atoms with van der Waals surface area (Å²) in [7, 11) is 0. The van der Waals surface area contributed by atoms with Crippen molar-refractivity contribution in [3.63, 3.8) is 0 Å². The number of allylic oxidation sites excluding steroid dienone is 1. The summed E-state index contributed by atoms with van der Waals surface area (Å²) in [6.07, 6.45) is 6.98. The van der Waals surface area contributed by atoms with Crippen molar-refractivity contribution in [1.29, 1.82) is 0 Å². The molecule has 0 aromatic heterocycles. The molecule has 1 saturated carbocycles. The van der Waals surface area contributed by atoms with Crippen molar-refractivity contribution in [2.45, 2.75) is 52.6 Å². The summed E-state index contributed by atoms with van der Waals surface area (Å²) in [5.74, 6) is 1.45. The Hall–Kier alpha value is -0.300. The van der Waals surface area contributed by atoms with E-state index < -0.39 is 0 Å². The van der Waals surface area contributed by atoms with Gasteiger partial charge in [-0.05, 0) is 38.0 Å². The van der Waals surface area contributed by atoms with Crippen LogP contribution in [-0.2, 0) is 0 Å². The van der Waals surface area contributed by atoms with Crippen LogP contribution in [0, 0.1) is 11.8 Å². The number of aliphatic hydroxyl groups excluding tert-OH is 1. The first kappa shape index (κ1) is 10.8. The van der Waals surface area contributed by atoms with Crippen molar-refractivity contribution in [1.82, 2.24) is 0 Å². The molecule has 2 atom stereocenters. The molecule has 1 rings (SSSR count). The molecule has 0 amide bonds. The van der Waals surface area contributed by atoms with Gasteiger partial charge in [0.15, 0.2) is 0 Å². The van der Waals surface area contributed by atoms with Crippen molar-refractivity contribution >= 4 is 0 Å². The smallest absolute Gasteiger partial charge is 0.0695 e. The minimum absolute atomic E-state index is 0.269. The van der Waals surface area contributed by atoms with E-state index in [4.69, 9.17) is 0 Å². The fourth-order valence-corrected chi connectivity index (χ4v) is 2.34. The molecule has 0 spiro atoms. The van der Waals surface area contributed by atoms with Crippen molar-refractivity contribution in [3.8, 4) is 0 Å². The first-order valence-electron chi connectivity index (χ1n) is 5.50. The second-order valence-electron chi connectivity index (χ2n) is 4.58. The van der Waals surface area contributed by atoms with Crippen LogP contribution in [0.15, 0.2) is 11.6 Å². The van der Waals surface area contributed by atoms with E-state index in [0.29, 0.717) is 0 Å². The first-order valence-corrected chi connectivity index (χ1v) is 5.50. The van der Waals surface area contributed by atoms with Gasteiger partial charge < -0.3 is 5.11 Å². The van der Waals surface area contributed by atoms with Gasteiger partial charge in [0.05, 0.1) is 6.10 Å². The molecule has 76 valence electrons. The largest absolute Gasteiger partial charge is 0.389 e. The van der Waals surface area contributed by atoms with E-state index >= 15 is 0 Å². The highest BCUT2D eigenvalue weighted by Gasteiger charge is 2.21. The molecule has 1 aliphatic rings. The molecule has 1 heteroatoms. The van der Waals surface area contributed by atoms with Crippen LogP contribution in [0.4, 0.5) is 0 Å². The Morgan fingerprint density at radius 3 is 2.54 bits per heavy atom. The van der Waals surface area contributed by atoms with E-state index in [1.54, 1.807) is 0 Å². The third-order valence-electron chi connectivity index (χ3n) is 2.97. The maximum atomic E-state index is 9.33. The molecule has 0 aliphatic heterocycles. The maximum Gasteiger partial charge on any atom is 0.0695 e. The average Bonchev–Trinajstić information content (AvgIpc) is 2.03. The number of aliphatic hydroxyl groups is 1. The lowest BCUT2D eigenvalue weighted by molar-refractivity contribution is 0.238. The van der Waals surface area contributed by atoms with Gasteiger partial charge in [0.2, 0.25) is 0 Å². The predicted octanol–water partition coefficient (Wildman–Crippen LogP) is 3.14. The summed E-state index contributed by atoms with van der Waals surface area (Å²) in [5.41, 5.74) is 1.50. The van der Waals surface area contributed by atoms with Gasteiger partial charge in [0, 0.05) is 0 Å². The molecule has 0 heterocycles. The van der Waals surface area contributed by atoms with Crippen LogP contribution in [0.25, 0.3) is 0 Å². The van der Waals surface area contributed by atoms with Crippen molar-refractivity contribution < 1.29 is 5.11 Å². The Balaban J connectivity index is 2.67. The second kappa shape index (κ2) is 4.80. The molecule has 1 N–H and O–H groups in total. The minimum atomic E-state index is -0.269. The van der Waals surface area contributed by atoms with Gasteiger partial charge in [0.1, 0.15) is 0 Å². The van der Waals surface area contributed by atoms with E-state index in [0.717, 1.165) is 11.8 Å². The van der Waals surface area contributed by atoms with E-state index in [2.05, 4.69) is 19.9 Å². The Morgan fingerprint density at radius 1 is 1.31 bits per heavy atom. The summed E-state index contributed by atoms with van der Waals surface area (Å²) in [6, 6.07) is 0. The summed E-state index contributed by atoms with van der Waals surface area (Å²) < 4.78 is 0. The molecule has 0 aromatic rings. The van der Waals surface area contributed by atoms with Gasteiger partial charge in [-0.25, -0.2) is 0 Å². The zero-order chi connectivity index (χ0) is 9.84. The Labute approximate surface area is 81.9 Å². The molecule has 2 unspecified atom stereocenters. The Bertz CT molecular complexity index is 180. The van der Waals surface area contributed by atoms with E-state index in [9.17, 15) is 5.11 Å². The van der Waals surface area contributed by atoms with Crippen molar-refractivity contribution in [3.05, 3.63) is 11.6 Å². The highest BCUT2D eigenvalue weighted by molar-refractivity contribution is 5.11. The molecule has 1 nitrogen and oxygen atoms in total. The van der Waals surface area contributed by atoms with Crippen LogP contribution in [0.5, 0.6) is 0 Å². The molecule has 0 radical (unpaired) electrons. The van der Waals surface area contributed by atoms with Crippen LogP contribution in [0.1, 0.15) is 46.5 Å². The summed E-state index contributed by atoms with van der Waals surface area (Å²) >= 11 is 0. The zero-order valence-corrected chi connectivity index (χ0v) is 9.09. The summed E-state index contributed by atoms with van der Waals surface area (Å²) in [4.78, 5) is 0. The predicted molar refractivity (Wildman–Crippen MR) is 56.6 cm³/mol. The zero-order valence-electron chi connectivity index (χ0n) is 9.09. The highest BCUT2D eigenvalue weighted by Crippen LogP contribution is 2.34.